The molecule has 1 N–H and O–H groups in total. The van der Waals surface area contributed by atoms with Gasteiger partial charge in [0.1, 0.15) is 5.75 Å². The van der Waals surface area contributed by atoms with E-state index in [0.717, 1.165) is 22.4 Å². The average Bonchev–Trinajstić information content (AvgIpc) is 3.16. The van der Waals surface area contributed by atoms with Crippen LogP contribution in [0.3, 0.4) is 0 Å². The van der Waals surface area contributed by atoms with Crippen LogP contribution in [0.5, 0.6) is 5.75 Å². The molecule has 0 fully saturated rings. The molecule has 4 rings (SSSR count). The van der Waals surface area contributed by atoms with Gasteiger partial charge in [0.25, 0.3) is 10.0 Å². The van der Waals surface area contributed by atoms with Crippen LogP contribution < -0.4 is 4.74 Å². The molecule has 0 bridgehead atoms. The predicted octanol–water partition coefficient (Wildman–Crippen LogP) is 5.92. The van der Waals surface area contributed by atoms with Gasteiger partial charge in [-0.1, -0.05) is 29.8 Å². The highest BCUT2D eigenvalue weighted by Crippen LogP contribution is 2.32. The van der Waals surface area contributed by atoms with Crippen molar-refractivity contribution in [2.45, 2.75) is 31.6 Å². The Hall–Kier alpha value is -3.29. The van der Waals surface area contributed by atoms with Gasteiger partial charge in [-0.2, -0.15) is 0 Å². The summed E-state index contributed by atoms with van der Waals surface area (Å²) in [6, 6.07) is 17.4. The quantitative estimate of drug-likeness (QED) is 0.326. The molecule has 4 aromatic rings. The third-order valence-electron chi connectivity index (χ3n) is 5.63. The molecule has 0 unspecified atom stereocenters. The molecule has 0 aliphatic heterocycles. The number of aliphatic carboxylic acids is 1. The Morgan fingerprint density at radius 1 is 1.09 bits per heavy atom. The molecule has 176 valence electrons. The van der Waals surface area contributed by atoms with Crippen molar-refractivity contribution in [3.63, 3.8) is 0 Å². The van der Waals surface area contributed by atoms with Gasteiger partial charge in [0.05, 0.1) is 17.0 Å². The molecule has 1 heterocycles. The summed E-state index contributed by atoms with van der Waals surface area (Å²) in [7, 11) is -3.95. The number of carbonyl (C=O) groups is 1. The fourth-order valence-electron chi connectivity index (χ4n) is 4.03. The molecule has 1 aromatic heterocycles. The van der Waals surface area contributed by atoms with Crippen LogP contribution in [0.25, 0.3) is 22.0 Å². The van der Waals surface area contributed by atoms with E-state index in [2.05, 4.69) is 0 Å². The van der Waals surface area contributed by atoms with E-state index in [1.165, 1.54) is 10.2 Å². The number of aryl methyl sites for hydroxylation is 2. The summed E-state index contributed by atoms with van der Waals surface area (Å²) < 4.78 is 34.1. The zero-order valence-electron chi connectivity index (χ0n) is 18.8. The maximum Gasteiger partial charge on any atom is 0.303 e. The molecule has 0 spiro atoms. The molecule has 0 atom stereocenters. The van der Waals surface area contributed by atoms with Crippen molar-refractivity contribution in [3.8, 4) is 16.9 Å². The summed E-state index contributed by atoms with van der Waals surface area (Å²) in [5.41, 5.74) is 3.71. The Kier molecular flexibility index (Phi) is 6.68. The lowest BCUT2D eigenvalue weighted by Crippen LogP contribution is -2.12. The van der Waals surface area contributed by atoms with Crippen LogP contribution in [0.1, 0.15) is 24.5 Å². The standard InChI is InChI=1S/C26H24ClNO5S/c1-3-33-21-9-10-23(17(2)13-21)18-5-4-6-22(14-18)34(31,32)28-16-19(7-12-26(29)30)24-15-20(27)8-11-25(24)28/h4-6,8-11,13-16H,3,7,12H2,1-2H3,(H,29,30). The highest BCUT2D eigenvalue weighted by molar-refractivity contribution is 7.90. The molecule has 6 nitrogen and oxygen atoms in total. The van der Waals surface area contributed by atoms with E-state index in [9.17, 15) is 13.2 Å². The second-order valence-corrected chi connectivity index (χ2v) is 10.2. The summed E-state index contributed by atoms with van der Waals surface area (Å²) in [5, 5.41) is 10.2. The van der Waals surface area contributed by atoms with E-state index >= 15 is 0 Å². The third kappa shape index (κ3) is 4.67. The number of carboxylic acid groups (broad SMARTS) is 1. The minimum absolute atomic E-state index is 0.113. The number of rotatable bonds is 8. The van der Waals surface area contributed by atoms with Gasteiger partial charge in [-0.25, -0.2) is 12.4 Å². The fraction of sp³-hybridized carbons (Fsp3) is 0.192. The lowest BCUT2D eigenvalue weighted by atomic mass is 10.0. The number of halogens is 1. The number of ether oxygens (including phenoxy) is 1. The third-order valence-corrected chi connectivity index (χ3v) is 7.54. The normalized spacial score (nSPS) is 11.6. The second kappa shape index (κ2) is 9.52. The smallest absolute Gasteiger partial charge is 0.303 e. The van der Waals surface area contributed by atoms with Crippen LogP contribution >= 0.6 is 11.6 Å². The summed E-state index contributed by atoms with van der Waals surface area (Å²) in [4.78, 5) is 11.2. The van der Waals surface area contributed by atoms with Crippen LogP contribution in [0.2, 0.25) is 5.02 Å². The minimum Gasteiger partial charge on any atom is -0.494 e. The van der Waals surface area contributed by atoms with Gasteiger partial charge in [0.2, 0.25) is 0 Å². The van der Waals surface area contributed by atoms with Crippen molar-refractivity contribution in [2.24, 2.45) is 0 Å². The van der Waals surface area contributed by atoms with E-state index in [1.807, 2.05) is 38.1 Å². The van der Waals surface area contributed by atoms with Gasteiger partial charge in [-0.15, -0.1) is 0 Å². The molecule has 0 amide bonds. The number of benzene rings is 3. The second-order valence-electron chi connectivity index (χ2n) is 7.95. The number of carboxylic acids is 1. The first-order valence-corrected chi connectivity index (χ1v) is 12.6. The summed E-state index contributed by atoms with van der Waals surface area (Å²) in [6.45, 7) is 4.44. The lowest BCUT2D eigenvalue weighted by Gasteiger charge is -2.12. The Labute approximate surface area is 203 Å². The van der Waals surface area contributed by atoms with Gasteiger partial charge < -0.3 is 9.84 Å². The van der Waals surface area contributed by atoms with Crippen molar-refractivity contribution in [1.82, 2.24) is 3.97 Å². The highest BCUT2D eigenvalue weighted by Gasteiger charge is 2.22. The van der Waals surface area contributed by atoms with Crippen LogP contribution in [-0.4, -0.2) is 30.1 Å². The minimum atomic E-state index is -3.95. The van der Waals surface area contributed by atoms with Crippen molar-refractivity contribution in [2.75, 3.05) is 6.61 Å². The molecular weight excluding hydrogens is 474 g/mol. The highest BCUT2D eigenvalue weighted by atomic mass is 35.5. The Morgan fingerprint density at radius 3 is 2.59 bits per heavy atom. The van der Waals surface area contributed by atoms with Crippen LogP contribution in [-0.2, 0) is 21.2 Å². The van der Waals surface area contributed by atoms with E-state index in [-0.39, 0.29) is 17.7 Å². The first-order chi connectivity index (χ1) is 16.2. The summed E-state index contributed by atoms with van der Waals surface area (Å²) >= 11 is 6.14. The van der Waals surface area contributed by atoms with Gasteiger partial charge >= 0.3 is 5.97 Å². The van der Waals surface area contributed by atoms with E-state index in [1.54, 1.807) is 36.4 Å². The number of aromatic nitrogens is 1. The fourth-order valence-corrected chi connectivity index (χ4v) is 5.64. The number of hydrogen-bond donors (Lipinski definition) is 1. The van der Waals surface area contributed by atoms with Crippen LogP contribution in [0.4, 0.5) is 0 Å². The largest absolute Gasteiger partial charge is 0.494 e. The lowest BCUT2D eigenvalue weighted by molar-refractivity contribution is -0.136. The Morgan fingerprint density at radius 2 is 1.88 bits per heavy atom. The molecule has 0 radical (unpaired) electrons. The molecule has 0 aliphatic rings. The van der Waals surface area contributed by atoms with Gasteiger partial charge in [0.15, 0.2) is 0 Å². The maximum absolute atomic E-state index is 13.7. The Balaban J connectivity index is 1.80. The number of hydrogen-bond acceptors (Lipinski definition) is 4. The molecule has 8 heteroatoms. The van der Waals surface area contributed by atoms with E-state index in [4.69, 9.17) is 21.4 Å². The first kappa shape index (κ1) is 23.9. The SMILES string of the molecule is CCOc1ccc(-c2cccc(S(=O)(=O)n3cc(CCC(=O)O)c4cc(Cl)ccc43)c2)c(C)c1. The van der Waals surface area contributed by atoms with E-state index < -0.39 is 16.0 Å². The average molecular weight is 498 g/mol. The molecular formula is C26H24ClNO5S. The van der Waals surface area contributed by atoms with Crippen molar-refractivity contribution < 1.29 is 23.1 Å². The zero-order chi connectivity index (χ0) is 24.5. The van der Waals surface area contributed by atoms with Crippen LogP contribution in [0.15, 0.2) is 71.8 Å². The maximum atomic E-state index is 13.7. The molecule has 0 aliphatic carbocycles. The summed E-state index contributed by atoms with van der Waals surface area (Å²) in [6.07, 6.45) is 1.58. The molecule has 34 heavy (non-hydrogen) atoms. The van der Waals surface area contributed by atoms with Gasteiger partial charge in [-0.05, 0) is 85.0 Å². The van der Waals surface area contributed by atoms with Crippen molar-refractivity contribution in [3.05, 3.63) is 83.0 Å². The molecule has 0 saturated heterocycles. The number of fused-ring (bicyclic) bond motifs is 1. The zero-order valence-corrected chi connectivity index (χ0v) is 20.4. The monoisotopic (exact) mass is 497 g/mol. The Bertz CT molecular complexity index is 1490. The van der Waals surface area contributed by atoms with Gasteiger partial charge in [0, 0.05) is 23.0 Å². The topological polar surface area (TPSA) is 85.6 Å². The van der Waals surface area contributed by atoms with Crippen molar-refractivity contribution >= 4 is 38.5 Å². The molecule has 3 aromatic carbocycles. The number of nitrogens with zero attached hydrogens (tertiary/aromatic N) is 1. The first-order valence-electron chi connectivity index (χ1n) is 10.8. The van der Waals surface area contributed by atoms with Crippen molar-refractivity contribution in [1.29, 1.82) is 0 Å². The van der Waals surface area contributed by atoms with Crippen LogP contribution in [0, 0.1) is 6.92 Å². The predicted molar refractivity (Wildman–Crippen MR) is 133 cm³/mol. The van der Waals surface area contributed by atoms with E-state index in [0.29, 0.717) is 28.1 Å². The van der Waals surface area contributed by atoms with Gasteiger partial charge in [-0.3, -0.25) is 4.79 Å². The summed E-state index contributed by atoms with van der Waals surface area (Å²) in [5.74, 6) is -0.192. The molecule has 0 saturated carbocycles.